The van der Waals surface area contributed by atoms with Crippen molar-refractivity contribution in [3.05, 3.63) is 53.6 Å². The van der Waals surface area contributed by atoms with E-state index < -0.39 is 5.97 Å². The van der Waals surface area contributed by atoms with Crippen LogP contribution in [0.3, 0.4) is 0 Å². The molecule has 1 aliphatic rings. The molecule has 7 heteroatoms. The third kappa shape index (κ3) is 4.02. The van der Waals surface area contributed by atoms with Gasteiger partial charge in [-0.3, -0.25) is 4.79 Å². The van der Waals surface area contributed by atoms with Gasteiger partial charge in [0.1, 0.15) is 0 Å². The Balaban J connectivity index is 0.00000225. The van der Waals surface area contributed by atoms with Crippen LogP contribution in [0.25, 0.3) is 0 Å². The van der Waals surface area contributed by atoms with Crippen molar-refractivity contribution in [3.8, 4) is 0 Å². The average Bonchev–Trinajstić information content (AvgIpc) is 3.06. The largest absolute Gasteiger partial charge is 0.465 e. The van der Waals surface area contributed by atoms with E-state index in [1.807, 2.05) is 22.7 Å². The zero-order chi connectivity index (χ0) is 17.1. The van der Waals surface area contributed by atoms with E-state index in [4.69, 9.17) is 0 Å². The van der Waals surface area contributed by atoms with E-state index in [9.17, 15) is 9.59 Å². The van der Waals surface area contributed by atoms with Gasteiger partial charge in [-0.05, 0) is 37.1 Å². The number of piperidine rings is 1. The molecule has 1 aliphatic heterocycles. The molecular formula is C18H22ClN3O3. The molecule has 2 aromatic rings. The number of esters is 1. The van der Waals surface area contributed by atoms with E-state index in [1.165, 1.54) is 7.11 Å². The number of hydrogen-bond donors (Lipinski definition) is 0. The maximum absolute atomic E-state index is 12.7. The molecule has 6 nitrogen and oxygen atoms in total. The monoisotopic (exact) mass is 363 g/mol. The van der Waals surface area contributed by atoms with Crippen LogP contribution < -0.4 is 0 Å². The molecular weight excluding hydrogens is 342 g/mol. The summed E-state index contributed by atoms with van der Waals surface area (Å²) in [4.78, 5) is 30.3. The van der Waals surface area contributed by atoms with Crippen molar-refractivity contribution in [2.45, 2.75) is 18.8 Å². The number of imidazole rings is 1. The van der Waals surface area contributed by atoms with E-state index in [0.717, 1.165) is 25.1 Å². The fourth-order valence-corrected chi connectivity index (χ4v) is 3.21. The van der Waals surface area contributed by atoms with Gasteiger partial charge in [0.25, 0.3) is 5.91 Å². The van der Waals surface area contributed by atoms with Crippen molar-refractivity contribution in [2.75, 3.05) is 20.2 Å². The molecule has 1 aromatic heterocycles. The highest BCUT2D eigenvalue weighted by Crippen LogP contribution is 2.27. The lowest BCUT2D eigenvalue weighted by atomic mass is 9.94. The van der Waals surface area contributed by atoms with Crippen LogP contribution in [0.15, 0.2) is 36.8 Å². The predicted molar refractivity (Wildman–Crippen MR) is 96.1 cm³/mol. The van der Waals surface area contributed by atoms with Crippen LogP contribution in [-0.2, 0) is 11.8 Å². The van der Waals surface area contributed by atoms with Crippen LogP contribution in [0.1, 0.15) is 45.2 Å². The van der Waals surface area contributed by atoms with Gasteiger partial charge in [0, 0.05) is 43.5 Å². The summed E-state index contributed by atoms with van der Waals surface area (Å²) < 4.78 is 6.69. The number of rotatable bonds is 3. The first-order chi connectivity index (χ1) is 11.6. The van der Waals surface area contributed by atoms with E-state index in [-0.39, 0.29) is 18.3 Å². The molecule has 0 N–H and O–H groups in total. The number of hydrogen-bond acceptors (Lipinski definition) is 4. The SMILES string of the molecule is COC(=O)c1ccc(C(=O)N2CCCC(c3cncn3C)C2)cc1.Cl. The molecule has 0 saturated carbocycles. The maximum atomic E-state index is 12.7. The van der Waals surface area contributed by atoms with Gasteiger partial charge in [-0.2, -0.15) is 0 Å². The number of methoxy groups -OCH3 is 1. The fourth-order valence-electron chi connectivity index (χ4n) is 3.21. The predicted octanol–water partition coefficient (Wildman–Crippen LogP) is 2.65. The van der Waals surface area contributed by atoms with Crippen molar-refractivity contribution in [1.82, 2.24) is 14.5 Å². The lowest BCUT2D eigenvalue weighted by Crippen LogP contribution is -2.39. The van der Waals surface area contributed by atoms with Gasteiger partial charge < -0.3 is 14.2 Å². The third-order valence-electron chi connectivity index (χ3n) is 4.53. The van der Waals surface area contributed by atoms with Gasteiger partial charge in [0.2, 0.25) is 0 Å². The molecule has 25 heavy (non-hydrogen) atoms. The summed E-state index contributed by atoms with van der Waals surface area (Å²) in [6.45, 7) is 1.45. The van der Waals surface area contributed by atoms with Crippen LogP contribution in [0.5, 0.6) is 0 Å². The molecule has 1 amide bonds. The highest BCUT2D eigenvalue weighted by Gasteiger charge is 2.27. The molecule has 1 saturated heterocycles. The Bertz CT molecular complexity index is 742. The summed E-state index contributed by atoms with van der Waals surface area (Å²) in [6, 6.07) is 6.62. The van der Waals surface area contributed by atoms with Crippen molar-refractivity contribution in [2.24, 2.45) is 7.05 Å². The van der Waals surface area contributed by atoms with Gasteiger partial charge in [-0.1, -0.05) is 0 Å². The Morgan fingerprint density at radius 2 is 1.88 bits per heavy atom. The quantitative estimate of drug-likeness (QED) is 0.786. The smallest absolute Gasteiger partial charge is 0.337 e. The first kappa shape index (κ1) is 19.0. The second-order valence-corrected chi connectivity index (χ2v) is 6.09. The van der Waals surface area contributed by atoms with Gasteiger partial charge in [-0.25, -0.2) is 9.78 Å². The number of benzene rings is 1. The van der Waals surface area contributed by atoms with Crippen LogP contribution >= 0.6 is 12.4 Å². The summed E-state index contributed by atoms with van der Waals surface area (Å²) in [5.74, 6) is -0.0916. The molecule has 0 spiro atoms. The minimum Gasteiger partial charge on any atom is -0.465 e. The number of halogens is 1. The van der Waals surface area contributed by atoms with Crippen LogP contribution in [0.4, 0.5) is 0 Å². The Morgan fingerprint density at radius 3 is 2.48 bits per heavy atom. The van der Waals surface area contributed by atoms with Crippen LogP contribution in [-0.4, -0.2) is 46.5 Å². The van der Waals surface area contributed by atoms with E-state index in [1.54, 1.807) is 30.6 Å². The molecule has 0 radical (unpaired) electrons. The van der Waals surface area contributed by atoms with Crippen molar-refractivity contribution >= 4 is 24.3 Å². The first-order valence-electron chi connectivity index (χ1n) is 8.04. The lowest BCUT2D eigenvalue weighted by molar-refractivity contribution is 0.0599. The zero-order valence-corrected chi connectivity index (χ0v) is 15.2. The number of carbonyl (C=O) groups is 2. The third-order valence-corrected chi connectivity index (χ3v) is 4.53. The van der Waals surface area contributed by atoms with Crippen LogP contribution in [0, 0.1) is 0 Å². The van der Waals surface area contributed by atoms with Crippen molar-refractivity contribution in [1.29, 1.82) is 0 Å². The Hall–Kier alpha value is -2.34. The van der Waals surface area contributed by atoms with Crippen molar-refractivity contribution < 1.29 is 14.3 Å². The summed E-state index contributed by atoms with van der Waals surface area (Å²) in [7, 11) is 3.32. The van der Waals surface area contributed by atoms with Gasteiger partial charge >= 0.3 is 5.97 Å². The molecule has 134 valence electrons. The van der Waals surface area contributed by atoms with E-state index in [2.05, 4.69) is 9.72 Å². The lowest BCUT2D eigenvalue weighted by Gasteiger charge is -2.33. The van der Waals surface area contributed by atoms with E-state index in [0.29, 0.717) is 23.6 Å². The average molecular weight is 364 g/mol. The normalized spacial score (nSPS) is 16.9. The maximum Gasteiger partial charge on any atom is 0.337 e. The number of nitrogens with zero attached hydrogens (tertiary/aromatic N) is 3. The Kier molecular flexibility index (Phi) is 6.20. The minimum atomic E-state index is -0.400. The second kappa shape index (κ2) is 8.16. The standard InChI is InChI=1S/C18H21N3O3.ClH/c1-20-12-19-10-16(20)15-4-3-9-21(11-15)17(22)13-5-7-14(8-6-13)18(23)24-2;/h5-8,10,12,15H,3-4,9,11H2,1-2H3;1H. The van der Waals surface area contributed by atoms with Gasteiger partial charge in [0.05, 0.1) is 19.0 Å². The van der Waals surface area contributed by atoms with Crippen molar-refractivity contribution in [3.63, 3.8) is 0 Å². The zero-order valence-electron chi connectivity index (χ0n) is 14.3. The topological polar surface area (TPSA) is 64.4 Å². The summed E-state index contributed by atoms with van der Waals surface area (Å²) in [6.07, 6.45) is 5.71. The number of amides is 1. The molecule has 1 unspecified atom stereocenters. The highest BCUT2D eigenvalue weighted by molar-refractivity contribution is 5.96. The number of likely N-dealkylation sites (tertiary alicyclic amines) is 1. The molecule has 0 aliphatic carbocycles. The molecule has 1 fully saturated rings. The first-order valence-corrected chi connectivity index (χ1v) is 8.04. The number of aromatic nitrogens is 2. The van der Waals surface area contributed by atoms with E-state index >= 15 is 0 Å². The van der Waals surface area contributed by atoms with Gasteiger partial charge in [-0.15, -0.1) is 12.4 Å². The molecule has 0 bridgehead atoms. The Labute approximate surface area is 153 Å². The number of carbonyl (C=O) groups excluding carboxylic acids is 2. The molecule has 2 heterocycles. The van der Waals surface area contributed by atoms with Gasteiger partial charge in [0.15, 0.2) is 0 Å². The summed E-state index contributed by atoms with van der Waals surface area (Å²) in [5.41, 5.74) is 2.20. The van der Waals surface area contributed by atoms with Crippen LogP contribution in [0.2, 0.25) is 0 Å². The molecule has 1 aromatic carbocycles. The second-order valence-electron chi connectivity index (χ2n) is 6.09. The summed E-state index contributed by atoms with van der Waals surface area (Å²) >= 11 is 0. The molecule has 3 rings (SSSR count). The number of ether oxygens (including phenoxy) is 1. The minimum absolute atomic E-state index is 0. The Morgan fingerprint density at radius 1 is 1.20 bits per heavy atom. The summed E-state index contributed by atoms with van der Waals surface area (Å²) in [5, 5.41) is 0. The fraction of sp³-hybridized carbons (Fsp3) is 0.389. The number of aryl methyl sites for hydroxylation is 1. The molecule has 1 atom stereocenters. The highest BCUT2D eigenvalue weighted by atomic mass is 35.5.